The number of aromatic nitrogens is 1. The van der Waals surface area contributed by atoms with Crippen molar-refractivity contribution in [1.29, 1.82) is 0 Å². The quantitative estimate of drug-likeness (QED) is 0.665. The molecule has 8 heteroatoms. The summed E-state index contributed by atoms with van der Waals surface area (Å²) in [7, 11) is 0. The molecule has 8 nitrogen and oxygen atoms in total. The van der Waals surface area contributed by atoms with E-state index in [1.165, 1.54) is 12.1 Å². The molecule has 0 aliphatic carbocycles. The number of nitro groups is 1. The van der Waals surface area contributed by atoms with Crippen molar-refractivity contribution in [1.82, 2.24) is 4.98 Å². The number of aromatic carboxylic acids is 1. The molecule has 0 atom stereocenters. The van der Waals surface area contributed by atoms with Crippen LogP contribution in [0.25, 0.3) is 0 Å². The number of aryl methyl sites for hydroxylation is 1. The zero-order chi connectivity index (χ0) is 14.0. The lowest BCUT2D eigenvalue weighted by molar-refractivity contribution is -0.385. The summed E-state index contributed by atoms with van der Waals surface area (Å²) in [6, 6.07) is 4.33. The standard InChI is InChI=1S/C11H8N2O6/c1-6-2-3-9(8(4-6)13(16)17)19-11-12-7(5-18-11)10(14)15/h2-5H,1H3,(H,14,15). The van der Waals surface area contributed by atoms with E-state index < -0.39 is 10.9 Å². The third-order valence-corrected chi connectivity index (χ3v) is 2.21. The van der Waals surface area contributed by atoms with Crippen LogP contribution in [0.15, 0.2) is 28.9 Å². The summed E-state index contributed by atoms with van der Waals surface area (Å²) in [5.41, 5.74) is 0.0949. The summed E-state index contributed by atoms with van der Waals surface area (Å²) in [4.78, 5) is 24.4. The van der Waals surface area contributed by atoms with Crippen molar-refractivity contribution in [3.8, 4) is 11.8 Å². The average Bonchev–Trinajstić information content (AvgIpc) is 2.80. The fourth-order valence-electron chi connectivity index (χ4n) is 1.35. The highest BCUT2D eigenvalue weighted by Gasteiger charge is 2.19. The van der Waals surface area contributed by atoms with Gasteiger partial charge in [0.15, 0.2) is 5.69 Å². The summed E-state index contributed by atoms with van der Waals surface area (Å²) in [6.07, 6.45) is 0.516. The van der Waals surface area contributed by atoms with Gasteiger partial charge in [0.2, 0.25) is 5.75 Å². The Hall–Kier alpha value is -2.90. The summed E-state index contributed by atoms with van der Waals surface area (Å²) in [5, 5.41) is 19.5. The van der Waals surface area contributed by atoms with Crippen LogP contribution in [-0.2, 0) is 0 Å². The molecule has 0 aliphatic rings. The molecule has 19 heavy (non-hydrogen) atoms. The molecule has 2 aromatic rings. The van der Waals surface area contributed by atoms with Crippen LogP contribution in [0.3, 0.4) is 0 Å². The third kappa shape index (κ3) is 2.68. The highest BCUT2D eigenvalue weighted by molar-refractivity contribution is 5.84. The Morgan fingerprint density at radius 3 is 2.84 bits per heavy atom. The summed E-state index contributed by atoms with van der Waals surface area (Å²) >= 11 is 0. The molecular weight excluding hydrogens is 256 g/mol. The summed E-state index contributed by atoms with van der Waals surface area (Å²) < 4.78 is 9.83. The first-order chi connectivity index (χ1) is 8.97. The highest BCUT2D eigenvalue weighted by Crippen LogP contribution is 2.31. The maximum absolute atomic E-state index is 10.9. The van der Waals surface area contributed by atoms with Gasteiger partial charge in [0.25, 0.3) is 0 Å². The molecule has 2 rings (SSSR count). The smallest absolute Gasteiger partial charge is 0.400 e. The lowest BCUT2D eigenvalue weighted by atomic mass is 10.2. The first kappa shape index (κ1) is 12.6. The molecule has 0 unspecified atom stereocenters. The van der Waals surface area contributed by atoms with Crippen molar-refractivity contribution in [3.63, 3.8) is 0 Å². The number of hydrogen-bond acceptors (Lipinski definition) is 6. The number of hydrogen-bond donors (Lipinski definition) is 1. The fraction of sp³-hybridized carbons (Fsp3) is 0.0909. The molecule has 0 amide bonds. The Bertz CT molecular complexity index is 648. The van der Waals surface area contributed by atoms with Gasteiger partial charge in [-0.15, -0.1) is 0 Å². The second-order valence-corrected chi connectivity index (χ2v) is 3.63. The maximum atomic E-state index is 10.9. The van der Waals surface area contributed by atoms with Crippen molar-refractivity contribution in [2.45, 2.75) is 6.92 Å². The second kappa shape index (κ2) is 4.77. The minimum Gasteiger partial charge on any atom is -0.476 e. The second-order valence-electron chi connectivity index (χ2n) is 3.63. The Balaban J connectivity index is 2.32. The molecule has 0 fully saturated rings. The van der Waals surface area contributed by atoms with Crippen LogP contribution in [-0.4, -0.2) is 21.0 Å². The number of nitrogens with zero attached hydrogens (tertiary/aromatic N) is 2. The molecule has 1 aromatic heterocycles. The minimum absolute atomic E-state index is 0.0746. The Morgan fingerprint density at radius 1 is 1.53 bits per heavy atom. The van der Waals surface area contributed by atoms with E-state index in [-0.39, 0.29) is 23.2 Å². The first-order valence-electron chi connectivity index (χ1n) is 5.09. The van der Waals surface area contributed by atoms with Crippen molar-refractivity contribution in [2.24, 2.45) is 0 Å². The summed E-state index contributed by atoms with van der Waals surface area (Å²) in [5.74, 6) is -1.36. The molecule has 0 radical (unpaired) electrons. The molecule has 0 spiro atoms. The van der Waals surface area contributed by atoms with Gasteiger partial charge >= 0.3 is 17.7 Å². The van der Waals surface area contributed by atoms with Gasteiger partial charge in [-0.3, -0.25) is 10.1 Å². The number of carboxylic acids is 1. The zero-order valence-corrected chi connectivity index (χ0v) is 9.69. The SMILES string of the molecule is Cc1ccc(Oc2nc(C(=O)O)co2)c([N+](=O)[O-])c1. The topological polar surface area (TPSA) is 116 Å². The molecule has 1 aromatic carbocycles. The Morgan fingerprint density at radius 2 is 2.26 bits per heavy atom. The predicted octanol–water partition coefficient (Wildman–Crippen LogP) is 2.38. The molecule has 0 aliphatic heterocycles. The van der Waals surface area contributed by atoms with Crippen LogP contribution < -0.4 is 4.74 Å². The van der Waals surface area contributed by atoms with Gasteiger partial charge < -0.3 is 14.3 Å². The molecule has 0 bridgehead atoms. The molecule has 98 valence electrons. The Kier molecular flexibility index (Phi) is 3.15. The first-order valence-corrected chi connectivity index (χ1v) is 5.09. The normalized spacial score (nSPS) is 10.2. The fourth-order valence-corrected chi connectivity index (χ4v) is 1.35. The van der Waals surface area contributed by atoms with Gasteiger partial charge in [0.05, 0.1) is 4.92 Å². The highest BCUT2D eigenvalue weighted by atomic mass is 16.6. The number of rotatable bonds is 4. The van der Waals surface area contributed by atoms with E-state index in [4.69, 9.17) is 14.3 Å². The van der Waals surface area contributed by atoms with E-state index in [9.17, 15) is 14.9 Å². The van der Waals surface area contributed by atoms with E-state index in [1.54, 1.807) is 13.0 Å². The van der Waals surface area contributed by atoms with Gasteiger partial charge in [-0.2, -0.15) is 4.98 Å². The molecule has 0 saturated heterocycles. The van der Waals surface area contributed by atoms with Crippen LogP contribution in [0.1, 0.15) is 16.1 Å². The lowest BCUT2D eigenvalue weighted by Crippen LogP contribution is -1.97. The van der Waals surface area contributed by atoms with Crippen molar-refractivity contribution >= 4 is 11.7 Å². The maximum Gasteiger partial charge on any atom is 0.400 e. The van der Waals surface area contributed by atoms with Crippen LogP contribution in [0.5, 0.6) is 11.8 Å². The van der Waals surface area contributed by atoms with E-state index >= 15 is 0 Å². The van der Waals surface area contributed by atoms with Crippen LogP contribution >= 0.6 is 0 Å². The molecular formula is C11H8N2O6. The number of carbonyl (C=O) groups is 1. The average molecular weight is 264 g/mol. The monoisotopic (exact) mass is 264 g/mol. The van der Waals surface area contributed by atoms with Gasteiger partial charge in [-0.25, -0.2) is 4.79 Å². The lowest BCUT2D eigenvalue weighted by Gasteiger charge is -2.02. The van der Waals surface area contributed by atoms with Crippen molar-refractivity contribution in [2.75, 3.05) is 0 Å². The van der Waals surface area contributed by atoms with Crippen LogP contribution in [0.2, 0.25) is 0 Å². The zero-order valence-electron chi connectivity index (χ0n) is 9.69. The van der Waals surface area contributed by atoms with E-state index in [0.29, 0.717) is 5.56 Å². The van der Waals surface area contributed by atoms with Gasteiger partial charge in [0, 0.05) is 6.07 Å². The van der Waals surface area contributed by atoms with E-state index in [1.807, 2.05) is 0 Å². The predicted molar refractivity (Wildman–Crippen MR) is 61.4 cm³/mol. The number of benzene rings is 1. The third-order valence-electron chi connectivity index (χ3n) is 2.21. The van der Waals surface area contributed by atoms with Crippen molar-refractivity contribution in [3.05, 3.63) is 45.8 Å². The largest absolute Gasteiger partial charge is 0.476 e. The van der Waals surface area contributed by atoms with E-state index in [2.05, 4.69) is 4.98 Å². The number of nitro benzene ring substituents is 1. The van der Waals surface area contributed by atoms with Crippen molar-refractivity contribution < 1.29 is 24.0 Å². The number of carboxylic acid groups (broad SMARTS) is 1. The molecule has 0 saturated carbocycles. The van der Waals surface area contributed by atoms with Gasteiger partial charge in [-0.05, 0) is 18.6 Å². The Labute approximate surface area is 106 Å². The van der Waals surface area contributed by atoms with Crippen LogP contribution in [0, 0.1) is 17.0 Å². The van der Waals surface area contributed by atoms with Crippen LogP contribution in [0.4, 0.5) is 5.69 Å². The molecule has 1 N–H and O–H groups in total. The van der Waals surface area contributed by atoms with Gasteiger partial charge in [-0.1, -0.05) is 6.07 Å². The number of ether oxygens (including phenoxy) is 1. The molecule has 1 heterocycles. The minimum atomic E-state index is -1.28. The van der Waals surface area contributed by atoms with E-state index in [0.717, 1.165) is 6.26 Å². The number of oxazole rings is 1. The summed E-state index contributed by atoms with van der Waals surface area (Å²) in [6.45, 7) is 1.70. The van der Waals surface area contributed by atoms with Gasteiger partial charge in [0.1, 0.15) is 6.26 Å².